The van der Waals surface area contributed by atoms with Crippen molar-refractivity contribution in [3.05, 3.63) is 0 Å². The van der Waals surface area contributed by atoms with Crippen molar-refractivity contribution in [3.8, 4) is 0 Å². The average molecular weight is 618 g/mol. The van der Waals surface area contributed by atoms with Crippen LogP contribution in [0.5, 0.6) is 0 Å². The summed E-state index contributed by atoms with van der Waals surface area (Å²) in [5.74, 6) is -0.899. The number of carboxylic acid groups (broad SMARTS) is 1. The molecule has 42 heavy (non-hydrogen) atoms. The first-order chi connectivity index (χ1) is 20.2. The summed E-state index contributed by atoms with van der Waals surface area (Å²) >= 11 is 0. The molecule has 0 fully saturated rings. The molecular weight excluding hydrogens is 542 g/mol. The molecule has 0 aromatic carbocycles. The number of carboxylic acids is 1. The molecule has 0 aliphatic heterocycles. The second kappa shape index (κ2) is 40.1. The number of carbonyl (C=O) groups excluding carboxylic acids is 1. The molecule has 0 aliphatic carbocycles. The fourth-order valence-electron chi connectivity index (χ4n) is 6.20. The summed E-state index contributed by atoms with van der Waals surface area (Å²) in [6.07, 6.45) is 43.0. The third-order valence-corrected chi connectivity index (χ3v) is 9.01. The number of nitrogens with zero attached hydrogens (tertiary/aromatic N) is 1. The summed E-state index contributed by atoms with van der Waals surface area (Å²) in [5, 5.41) is 10.9. The van der Waals surface area contributed by atoms with Crippen molar-refractivity contribution in [3.63, 3.8) is 0 Å². The van der Waals surface area contributed by atoms with Crippen molar-refractivity contribution in [2.75, 3.05) is 19.6 Å². The normalized spacial score (nSPS) is 11.3. The van der Waals surface area contributed by atoms with Crippen LogP contribution in [-0.4, -0.2) is 30.5 Å². The van der Waals surface area contributed by atoms with E-state index in [1.807, 2.05) is 0 Å². The first-order valence-corrected chi connectivity index (χ1v) is 19.1. The minimum atomic E-state index is -0.899. The van der Waals surface area contributed by atoms with Gasteiger partial charge in [-0.3, -0.25) is 0 Å². The van der Waals surface area contributed by atoms with Crippen LogP contribution in [0.1, 0.15) is 219 Å². The molecule has 0 saturated carbocycles. The predicted molar refractivity (Wildman–Crippen MR) is 181 cm³/mol. The zero-order valence-corrected chi connectivity index (χ0v) is 32.6. The number of carbonyl (C=O) groups is 1. The smallest absolute Gasteiger partial charge is 0.550 e. The van der Waals surface area contributed by atoms with Gasteiger partial charge in [0.25, 0.3) is 0 Å². The van der Waals surface area contributed by atoms with E-state index in [2.05, 4.69) is 18.7 Å². The Bertz CT molecular complexity index is 467. The largest absolute Gasteiger partial charge is 1.00 e. The summed E-state index contributed by atoms with van der Waals surface area (Å²) in [7, 11) is 0. The van der Waals surface area contributed by atoms with Crippen LogP contribution in [0, 0.1) is 0 Å². The molecule has 0 aromatic rings. The molecule has 0 amide bonds. The summed E-state index contributed by atoms with van der Waals surface area (Å²) < 4.78 is 0. The van der Waals surface area contributed by atoms with Gasteiger partial charge in [-0.25, -0.2) is 0 Å². The maximum atomic E-state index is 10.9. The fraction of sp³-hybridized carbons (Fsp3) is 0.974. The Hall–Kier alpha value is 1.07. The molecule has 0 aromatic heterocycles. The standard InChI is InChI=1S/C38H77NO2.K/c1-3-5-7-9-11-13-15-17-19-21-23-25-27-29-31-35-39(37-33-34-38(40)41)36-32-30-28-26-24-22-20-18-16-14-12-10-8-6-4-2;/h3-37H2,1-2H3,(H,40,41);/q;+1/p-1. The second-order valence-electron chi connectivity index (χ2n) is 13.2. The maximum absolute atomic E-state index is 10.9. The van der Waals surface area contributed by atoms with E-state index in [-0.39, 0.29) is 57.8 Å². The van der Waals surface area contributed by atoms with E-state index < -0.39 is 5.97 Å². The molecule has 0 bridgehead atoms. The Morgan fingerprint density at radius 1 is 0.381 bits per heavy atom. The summed E-state index contributed by atoms with van der Waals surface area (Å²) in [6.45, 7) is 7.79. The fourth-order valence-corrected chi connectivity index (χ4v) is 6.20. The summed E-state index contributed by atoms with van der Waals surface area (Å²) in [4.78, 5) is 13.4. The molecule has 0 unspecified atom stereocenters. The second-order valence-corrected chi connectivity index (χ2v) is 13.2. The van der Waals surface area contributed by atoms with Gasteiger partial charge in [0, 0.05) is 5.97 Å². The SMILES string of the molecule is CCCCCCCCCCCCCCCCCN(CCCCCCCCCCCCCCCCC)CCCC(=O)[O-].[K+]. The molecule has 246 valence electrons. The maximum Gasteiger partial charge on any atom is 1.00 e. The van der Waals surface area contributed by atoms with Gasteiger partial charge in [-0.2, -0.15) is 0 Å². The molecule has 0 atom stereocenters. The molecule has 0 rings (SSSR count). The van der Waals surface area contributed by atoms with E-state index in [4.69, 9.17) is 0 Å². The van der Waals surface area contributed by atoms with E-state index in [1.165, 1.54) is 193 Å². The van der Waals surface area contributed by atoms with Gasteiger partial charge in [-0.15, -0.1) is 0 Å². The van der Waals surface area contributed by atoms with Crippen LogP contribution >= 0.6 is 0 Å². The van der Waals surface area contributed by atoms with Gasteiger partial charge in [0.1, 0.15) is 0 Å². The Morgan fingerprint density at radius 2 is 0.595 bits per heavy atom. The molecule has 0 spiro atoms. The zero-order chi connectivity index (χ0) is 29.9. The monoisotopic (exact) mass is 618 g/mol. The van der Waals surface area contributed by atoms with E-state index in [9.17, 15) is 9.90 Å². The van der Waals surface area contributed by atoms with Gasteiger partial charge in [0.05, 0.1) is 0 Å². The van der Waals surface area contributed by atoms with Crippen LogP contribution in [-0.2, 0) is 4.79 Å². The molecule has 0 heterocycles. The topological polar surface area (TPSA) is 43.4 Å². The molecule has 4 heteroatoms. The third-order valence-electron chi connectivity index (χ3n) is 9.01. The van der Waals surface area contributed by atoms with Gasteiger partial charge >= 0.3 is 51.4 Å². The van der Waals surface area contributed by atoms with Gasteiger partial charge < -0.3 is 14.8 Å². The van der Waals surface area contributed by atoms with Crippen molar-refractivity contribution < 1.29 is 61.3 Å². The predicted octanol–water partition coefficient (Wildman–Crippen LogP) is 8.57. The summed E-state index contributed by atoms with van der Waals surface area (Å²) in [6, 6.07) is 0. The van der Waals surface area contributed by atoms with Crippen molar-refractivity contribution in [1.29, 1.82) is 0 Å². The van der Waals surface area contributed by atoms with E-state index >= 15 is 0 Å². The molecule has 0 aliphatic rings. The number of hydrogen-bond acceptors (Lipinski definition) is 3. The van der Waals surface area contributed by atoms with Crippen LogP contribution in [0.3, 0.4) is 0 Å². The Morgan fingerprint density at radius 3 is 0.833 bits per heavy atom. The first-order valence-electron chi connectivity index (χ1n) is 19.1. The van der Waals surface area contributed by atoms with Crippen molar-refractivity contribution >= 4 is 5.97 Å². The van der Waals surface area contributed by atoms with Crippen LogP contribution in [0.25, 0.3) is 0 Å². The Balaban J connectivity index is 0. The van der Waals surface area contributed by atoms with Crippen molar-refractivity contribution in [2.24, 2.45) is 0 Å². The van der Waals surface area contributed by atoms with Crippen LogP contribution in [0.4, 0.5) is 0 Å². The quantitative estimate of drug-likeness (QED) is 0.0523. The van der Waals surface area contributed by atoms with Crippen LogP contribution in [0.15, 0.2) is 0 Å². The van der Waals surface area contributed by atoms with E-state index in [1.54, 1.807) is 0 Å². The Kier molecular flexibility index (Phi) is 43.1. The molecule has 0 N–H and O–H groups in total. The molecular formula is C38H76KNO2. The van der Waals surface area contributed by atoms with Gasteiger partial charge in [0.2, 0.25) is 0 Å². The van der Waals surface area contributed by atoms with Gasteiger partial charge in [0.15, 0.2) is 0 Å². The van der Waals surface area contributed by atoms with Gasteiger partial charge in [-0.1, -0.05) is 194 Å². The van der Waals surface area contributed by atoms with Gasteiger partial charge in [-0.05, 0) is 45.3 Å². The average Bonchev–Trinajstić information content (AvgIpc) is 2.96. The first kappa shape index (κ1) is 45.2. The Labute approximate surface area is 308 Å². The van der Waals surface area contributed by atoms with E-state index in [0.717, 1.165) is 26.1 Å². The summed E-state index contributed by atoms with van der Waals surface area (Å²) in [5.41, 5.74) is 0. The minimum Gasteiger partial charge on any atom is -0.550 e. The molecule has 0 radical (unpaired) electrons. The van der Waals surface area contributed by atoms with Crippen LogP contribution < -0.4 is 56.5 Å². The number of aliphatic carboxylic acids is 1. The van der Waals surface area contributed by atoms with E-state index in [0.29, 0.717) is 0 Å². The van der Waals surface area contributed by atoms with Crippen LogP contribution in [0.2, 0.25) is 0 Å². The third kappa shape index (κ3) is 39.1. The number of unbranched alkanes of at least 4 members (excludes halogenated alkanes) is 28. The molecule has 3 nitrogen and oxygen atoms in total. The molecule has 0 saturated heterocycles. The van der Waals surface area contributed by atoms with Crippen molar-refractivity contribution in [1.82, 2.24) is 4.90 Å². The number of rotatable bonds is 36. The number of hydrogen-bond donors (Lipinski definition) is 0. The zero-order valence-electron chi connectivity index (χ0n) is 29.5. The van der Waals surface area contributed by atoms with Crippen molar-refractivity contribution in [2.45, 2.75) is 219 Å². The minimum absolute atomic E-state index is 0.